The molecule has 2 aromatic heterocycles. The Morgan fingerprint density at radius 2 is 2.33 bits per heavy atom. The molecule has 0 radical (unpaired) electrons. The summed E-state index contributed by atoms with van der Waals surface area (Å²) in [5.74, 6) is 0.0626. The lowest BCUT2D eigenvalue weighted by atomic mass is 10.3. The number of nitrogens with one attached hydrogen (secondary N) is 1. The van der Waals surface area contributed by atoms with Crippen LogP contribution in [-0.4, -0.2) is 20.2 Å². The first-order valence-electron chi connectivity index (χ1n) is 4.00. The van der Waals surface area contributed by atoms with Gasteiger partial charge in [0, 0.05) is 13.0 Å². The number of hydrogen-bond donors (Lipinski definition) is 2. The highest BCUT2D eigenvalue weighted by molar-refractivity contribution is 9.10. The van der Waals surface area contributed by atoms with Crippen molar-refractivity contribution in [2.24, 2.45) is 0 Å². The molecule has 0 amide bonds. The summed E-state index contributed by atoms with van der Waals surface area (Å²) in [7, 11) is 0. The van der Waals surface area contributed by atoms with Crippen molar-refractivity contribution in [3.63, 3.8) is 0 Å². The Bertz CT molecular complexity index is 560. The van der Waals surface area contributed by atoms with E-state index in [4.69, 9.17) is 4.52 Å². The molecule has 0 aliphatic heterocycles. The van der Waals surface area contributed by atoms with Gasteiger partial charge in [0.25, 0.3) is 0 Å². The van der Waals surface area contributed by atoms with E-state index in [2.05, 4.69) is 31.1 Å². The molecule has 0 spiro atoms. The van der Waals surface area contributed by atoms with E-state index in [1.807, 2.05) is 0 Å². The maximum Gasteiger partial charge on any atom is 0.225 e. The second-order valence-corrected chi connectivity index (χ2v) is 3.70. The molecule has 0 unspecified atom stereocenters. The van der Waals surface area contributed by atoms with E-state index in [0.717, 1.165) is 0 Å². The highest BCUT2D eigenvalue weighted by Gasteiger charge is 2.14. The molecule has 0 atom stereocenters. The summed E-state index contributed by atoms with van der Waals surface area (Å²) in [5, 5.41) is 13.1. The average Bonchev–Trinajstić information content (AvgIpc) is 2.58. The molecule has 15 heavy (non-hydrogen) atoms. The molecule has 0 fully saturated rings. The maximum atomic E-state index is 11.3. The summed E-state index contributed by atoms with van der Waals surface area (Å²) in [6, 6.07) is 1.21. The highest BCUT2D eigenvalue weighted by atomic mass is 79.9. The number of aryl methyl sites for hydroxylation is 1. The van der Waals surface area contributed by atoms with Gasteiger partial charge in [0.15, 0.2) is 5.75 Å². The molecule has 7 heteroatoms. The lowest BCUT2D eigenvalue weighted by Gasteiger charge is -1.99. The van der Waals surface area contributed by atoms with Gasteiger partial charge in [0.2, 0.25) is 17.1 Å². The van der Waals surface area contributed by atoms with Gasteiger partial charge in [0.05, 0.1) is 4.60 Å². The second kappa shape index (κ2) is 3.50. The monoisotopic (exact) mass is 271 g/mol. The third-order valence-electron chi connectivity index (χ3n) is 1.72. The fourth-order valence-electron chi connectivity index (χ4n) is 1.08. The largest absolute Gasteiger partial charge is 0.503 e. The van der Waals surface area contributed by atoms with Crippen LogP contribution in [0.1, 0.15) is 5.89 Å². The number of nitrogens with zero attached hydrogens (tertiary/aromatic N) is 2. The Kier molecular flexibility index (Phi) is 2.31. The molecule has 2 aromatic rings. The average molecular weight is 272 g/mol. The van der Waals surface area contributed by atoms with Crippen molar-refractivity contribution in [3.05, 3.63) is 26.8 Å². The maximum absolute atomic E-state index is 11.3. The minimum Gasteiger partial charge on any atom is -0.503 e. The van der Waals surface area contributed by atoms with Crippen LogP contribution >= 0.6 is 15.9 Å². The quantitative estimate of drug-likeness (QED) is 0.761. The van der Waals surface area contributed by atoms with Crippen LogP contribution < -0.4 is 5.43 Å². The minimum atomic E-state index is -0.516. The summed E-state index contributed by atoms with van der Waals surface area (Å²) in [6.45, 7) is 1.61. The van der Waals surface area contributed by atoms with Crippen LogP contribution in [0.5, 0.6) is 5.75 Å². The molecule has 0 aliphatic carbocycles. The second-order valence-electron chi connectivity index (χ2n) is 2.84. The number of rotatable bonds is 1. The molecule has 2 N–H and O–H groups in total. The predicted molar refractivity (Wildman–Crippen MR) is 54.5 cm³/mol. The Labute approximate surface area is 92.1 Å². The van der Waals surface area contributed by atoms with E-state index in [-0.39, 0.29) is 11.5 Å². The normalized spacial score (nSPS) is 10.5. The van der Waals surface area contributed by atoms with Crippen molar-refractivity contribution in [2.45, 2.75) is 6.92 Å². The number of aromatic nitrogens is 3. The van der Waals surface area contributed by atoms with Gasteiger partial charge in [0.1, 0.15) is 5.69 Å². The Balaban J connectivity index is 2.67. The van der Waals surface area contributed by atoms with Crippen LogP contribution in [0.2, 0.25) is 0 Å². The van der Waals surface area contributed by atoms with Crippen LogP contribution in [0, 0.1) is 6.92 Å². The molecule has 0 aliphatic rings. The smallest absolute Gasteiger partial charge is 0.225 e. The van der Waals surface area contributed by atoms with Gasteiger partial charge in [-0.05, 0) is 15.9 Å². The molecule has 6 nitrogen and oxygen atoms in total. The Hall–Kier alpha value is -1.63. The molecule has 0 saturated heterocycles. The van der Waals surface area contributed by atoms with E-state index in [9.17, 15) is 9.90 Å². The summed E-state index contributed by atoms with van der Waals surface area (Å²) >= 11 is 3.10. The van der Waals surface area contributed by atoms with Crippen LogP contribution in [0.3, 0.4) is 0 Å². The van der Waals surface area contributed by atoms with Gasteiger partial charge < -0.3 is 14.6 Å². The number of aromatic amines is 1. The van der Waals surface area contributed by atoms with Crippen molar-refractivity contribution < 1.29 is 9.63 Å². The number of halogens is 1. The Morgan fingerprint density at radius 3 is 2.93 bits per heavy atom. The zero-order valence-corrected chi connectivity index (χ0v) is 9.20. The van der Waals surface area contributed by atoms with E-state index < -0.39 is 11.2 Å². The van der Waals surface area contributed by atoms with Crippen molar-refractivity contribution in [1.82, 2.24) is 15.1 Å². The van der Waals surface area contributed by atoms with Gasteiger partial charge in [-0.25, -0.2) is 0 Å². The minimum absolute atomic E-state index is 0.131. The van der Waals surface area contributed by atoms with Gasteiger partial charge in [-0.2, -0.15) is 4.98 Å². The highest BCUT2D eigenvalue weighted by Crippen LogP contribution is 2.22. The summed E-state index contributed by atoms with van der Waals surface area (Å²) in [4.78, 5) is 17.9. The zero-order chi connectivity index (χ0) is 11.0. The lowest BCUT2D eigenvalue weighted by Crippen LogP contribution is -2.03. The van der Waals surface area contributed by atoms with Crippen molar-refractivity contribution in [2.75, 3.05) is 0 Å². The summed E-state index contributed by atoms with van der Waals surface area (Å²) in [5.41, 5.74) is -0.385. The van der Waals surface area contributed by atoms with Crippen molar-refractivity contribution in [1.29, 1.82) is 0 Å². The topological polar surface area (TPSA) is 92.0 Å². The van der Waals surface area contributed by atoms with Crippen LogP contribution in [0.4, 0.5) is 0 Å². The summed E-state index contributed by atoms with van der Waals surface area (Å²) < 4.78 is 5.18. The first kappa shape index (κ1) is 9.91. The first-order valence-corrected chi connectivity index (χ1v) is 4.79. The van der Waals surface area contributed by atoms with Crippen LogP contribution in [0.25, 0.3) is 11.5 Å². The molecule has 0 bridgehead atoms. The van der Waals surface area contributed by atoms with Crippen LogP contribution in [-0.2, 0) is 0 Å². The molecular formula is C8H6BrN3O3. The van der Waals surface area contributed by atoms with Gasteiger partial charge in [-0.15, -0.1) is 0 Å². The standard InChI is InChI=1S/C8H6BrN3O3/c1-3-10-8(12-15-3)6-7(14)4(13)2-5(9)11-6/h2,14H,1H3,(H,11,13). The SMILES string of the molecule is Cc1nc(-c2[nH]c(Br)cc(=O)c2O)no1. The Morgan fingerprint density at radius 1 is 1.60 bits per heavy atom. The van der Waals surface area contributed by atoms with E-state index >= 15 is 0 Å². The lowest BCUT2D eigenvalue weighted by molar-refractivity contribution is 0.393. The van der Waals surface area contributed by atoms with Gasteiger partial charge in [-0.3, -0.25) is 4.79 Å². The molecule has 2 heterocycles. The number of pyridine rings is 1. The number of hydrogen-bond acceptors (Lipinski definition) is 5. The summed E-state index contributed by atoms with van der Waals surface area (Å²) in [6.07, 6.45) is 0. The fraction of sp³-hybridized carbons (Fsp3) is 0.125. The van der Waals surface area contributed by atoms with Crippen LogP contribution in [0.15, 0.2) is 20.0 Å². The number of aromatic hydroxyl groups is 1. The molecular weight excluding hydrogens is 266 g/mol. The molecule has 2 rings (SSSR count). The number of H-pyrrole nitrogens is 1. The predicted octanol–water partition coefficient (Wildman–Crippen LogP) is 1.20. The van der Waals surface area contributed by atoms with E-state index in [0.29, 0.717) is 10.5 Å². The first-order chi connectivity index (χ1) is 7.08. The third kappa shape index (κ3) is 1.78. The molecule has 0 saturated carbocycles. The van der Waals surface area contributed by atoms with Gasteiger partial charge in [-0.1, -0.05) is 5.16 Å². The molecule has 78 valence electrons. The van der Waals surface area contributed by atoms with Gasteiger partial charge >= 0.3 is 0 Å². The van der Waals surface area contributed by atoms with Crippen molar-refractivity contribution >= 4 is 15.9 Å². The zero-order valence-electron chi connectivity index (χ0n) is 7.61. The molecule has 0 aromatic carbocycles. The van der Waals surface area contributed by atoms with E-state index in [1.54, 1.807) is 6.92 Å². The third-order valence-corrected chi connectivity index (χ3v) is 2.15. The van der Waals surface area contributed by atoms with E-state index in [1.165, 1.54) is 6.07 Å². The van der Waals surface area contributed by atoms with Crippen molar-refractivity contribution in [3.8, 4) is 17.3 Å². The fourth-order valence-corrected chi connectivity index (χ4v) is 1.49.